The highest BCUT2D eigenvalue weighted by molar-refractivity contribution is 5.21. The van der Waals surface area contributed by atoms with Gasteiger partial charge in [-0.15, -0.1) is 0 Å². The van der Waals surface area contributed by atoms with E-state index < -0.39 is 0 Å². The largest absolute Gasteiger partial charge is 0.390 e. The molecule has 4 aliphatic rings. The fraction of sp³-hybridized carbons (Fsp3) is 0.862. The molecule has 0 amide bonds. The molecule has 1 N–H and O–H groups in total. The third-order valence-electron chi connectivity index (χ3n) is 11.1. The Morgan fingerprint density at radius 1 is 1.15 bits per heavy atom. The van der Waals surface area contributed by atoms with E-state index in [1.54, 1.807) is 6.20 Å². The summed E-state index contributed by atoms with van der Waals surface area (Å²) in [5, 5.41) is 24.8. The van der Waals surface area contributed by atoms with Crippen LogP contribution in [0.3, 0.4) is 0 Å². The Balaban J connectivity index is 1.26. The number of aromatic nitrogens is 2. The SMILES string of the molecule is CCCC[C@@]1(O)CC[C@H]2[C@H](CC[C@@H]3[C@@H]2CC[C@]2(C)C([C@@H](C)Cn4cc(C#N)cn4)CC[C@@H]32)C1. The van der Waals surface area contributed by atoms with Gasteiger partial charge in [-0.1, -0.05) is 33.6 Å². The van der Waals surface area contributed by atoms with Gasteiger partial charge in [-0.2, -0.15) is 10.4 Å². The molecule has 1 heterocycles. The summed E-state index contributed by atoms with van der Waals surface area (Å²) in [6, 6.07) is 2.21. The molecule has 33 heavy (non-hydrogen) atoms. The Kier molecular flexibility index (Phi) is 6.40. The van der Waals surface area contributed by atoms with Crippen LogP contribution in [0.1, 0.15) is 103 Å². The molecule has 4 nitrogen and oxygen atoms in total. The molecule has 1 unspecified atom stereocenters. The number of aliphatic hydroxyl groups is 1. The number of nitrogens with zero attached hydrogens (tertiary/aromatic N) is 3. The molecule has 1 aromatic rings. The van der Waals surface area contributed by atoms with Crippen LogP contribution in [0.4, 0.5) is 0 Å². The van der Waals surface area contributed by atoms with Crippen LogP contribution < -0.4 is 0 Å². The number of rotatable bonds is 6. The van der Waals surface area contributed by atoms with Gasteiger partial charge in [0, 0.05) is 12.7 Å². The molecule has 0 saturated heterocycles. The molecular formula is C29H45N3O. The molecule has 0 radical (unpaired) electrons. The highest BCUT2D eigenvalue weighted by Gasteiger charge is 2.58. The van der Waals surface area contributed by atoms with Crippen molar-refractivity contribution in [2.75, 3.05) is 0 Å². The van der Waals surface area contributed by atoms with Gasteiger partial charge in [0.1, 0.15) is 6.07 Å². The number of hydrogen-bond donors (Lipinski definition) is 1. The highest BCUT2D eigenvalue weighted by atomic mass is 16.3. The average Bonchev–Trinajstić information content (AvgIpc) is 3.40. The van der Waals surface area contributed by atoms with E-state index in [4.69, 9.17) is 5.26 Å². The highest BCUT2D eigenvalue weighted by Crippen LogP contribution is 2.65. The van der Waals surface area contributed by atoms with Gasteiger partial charge in [0.15, 0.2) is 0 Å². The first kappa shape index (κ1) is 23.4. The Labute approximate surface area is 201 Å². The van der Waals surface area contributed by atoms with Gasteiger partial charge in [0.25, 0.3) is 0 Å². The Bertz CT molecular complexity index is 872. The lowest BCUT2D eigenvalue weighted by Crippen LogP contribution is -2.51. The van der Waals surface area contributed by atoms with Crippen LogP contribution in [0, 0.1) is 58.2 Å². The van der Waals surface area contributed by atoms with Crippen molar-refractivity contribution in [3.8, 4) is 6.07 Å². The van der Waals surface area contributed by atoms with Gasteiger partial charge in [-0.05, 0) is 111 Å². The lowest BCUT2D eigenvalue weighted by Gasteiger charge is -2.57. The molecule has 5 rings (SSSR count). The van der Waals surface area contributed by atoms with E-state index in [0.717, 1.165) is 61.3 Å². The first-order chi connectivity index (χ1) is 15.9. The van der Waals surface area contributed by atoms with Crippen LogP contribution in [0.2, 0.25) is 0 Å². The van der Waals surface area contributed by atoms with Crippen molar-refractivity contribution in [1.82, 2.24) is 9.78 Å². The van der Waals surface area contributed by atoms with Crippen molar-refractivity contribution >= 4 is 0 Å². The van der Waals surface area contributed by atoms with E-state index in [1.807, 2.05) is 10.9 Å². The minimum Gasteiger partial charge on any atom is -0.390 e. The summed E-state index contributed by atoms with van der Waals surface area (Å²) in [7, 11) is 0. The van der Waals surface area contributed by atoms with Crippen molar-refractivity contribution < 1.29 is 5.11 Å². The summed E-state index contributed by atoms with van der Waals surface area (Å²) in [5.74, 6) is 5.73. The van der Waals surface area contributed by atoms with Crippen molar-refractivity contribution in [3.05, 3.63) is 18.0 Å². The molecule has 4 heteroatoms. The molecule has 0 aromatic carbocycles. The van der Waals surface area contributed by atoms with Crippen LogP contribution in [0.5, 0.6) is 0 Å². The van der Waals surface area contributed by atoms with Gasteiger partial charge in [0.05, 0.1) is 17.4 Å². The lowest BCUT2D eigenvalue weighted by molar-refractivity contribution is -0.111. The van der Waals surface area contributed by atoms with Crippen molar-refractivity contribution in [2.45, 2.75) is 110 Å². The van der Waals surface area contributed by atoms with Gasteiger partial charge in [-0.3, -0.25) is 4.68 Å². The van der Waals surface area contributed by atoms with Crippen LogP contribution in [0.25, 0.3) is 0 Å². The minimum atomic E-state index is -0.362. The monoisotopic (exact) mass is 451 g/mol. The summed E-state index contributed by atoms with van der Waals surface area (Å²) in [6.07, 6.45) is 18.7. The Morgan fingerprint density at radius 3 is 2.73 bits per heavy atom. The van der Waals surface area contributed by atoms with Crippen molar-refractivity contribution in [3.63, 3.8) is 0 Å². The number of hydrogen-bond acceptors (Lipinski definition) is 3. The van der Waals surface area contributed by atoms with Crippen LogP contribution in [-0.2, 0) is 6.54 Å². The number of unbranched alkanes of at least 4 members (excludes halogenated alkanes) is 1. The van der Waals surface area contributed by atoms with Crippen LogP contribution in [-0.4, -0.2) is 20.5 Å². The van der Waals surface area contributed by atoms with E-state index >= 15 is 0 Å². The molecule has 4 aliphatic carbocycles. The summed E-state index contributed by atoms with van der Waals surface area (Å²) < 4.78 is 2.00. The number of fused-ring (bicyclic) bond motifs is 5. The maximum atomic E-state index is 11.2. The van der Waals surface area contributed by atoms with E-state index in [2.05, 4.69) is 31.9 Å². The zero-order valence-corrected chi connectivity index (χ0v) is 21.2. The van der Waals surface area contributed by atoms with Gasteiger partial charge < -0.3 is 5.11 Å². The van der Waals surface area contributed by atoms with Gasteiger partial charge >= 0.3 is 0 Å². The van der Waals surface area contributed by atoms with Crippen molar-refractivity contribution in [2.24, 2.45) is 46.8 Å². The second-order valence-corrected chi connectivity index (χ2v) is 12.8. The zero-order chi connectivity index (χ0) is 23.2. The molecule has 4 fully saturated rings. The summed E-state index contributed by atoms with van der Waals surface area (Å²) in [5.41, 5.74) is 0.776. The van der Waals surface area contributed by atoms with Gasteiger partial charge in [0.2, 0.25) is 0 Å². The third-order valence-corrected chi connectivity index (χ3v) is 11.1. The second kappa shape index (κ2) is 9.03. The average molecular weight is 452 g/mol. The quantitative estimate of drug-likeness (QED) is 0.531. The lowest BCUT2D eigenvalue weighted by atomic mass is 9.48. The predicted molar refractivity (Wildman–Crippen MR) is 131 cm³/mol. The van der Waals surface area contributed by atoms with E-state index in [1.165, 1.54) is 57.8 Å². The Hall–Kier alpha value is -1.34. The number of nitriles is 1. The van der Waals surface area contributed by atoms with Crippen LogP contribution >= 0.6 is 0 Å². The zero-order valence-electron chi connectivity index (χ0n) is 21.2. The predicted octanol–water partition coefficient (Wildman–Crippen LogP) is 6.58. The maximum Gasteiger partial charge on any atom is 0.102 e. The standard InChI is InChI=1S/C29H45N3O/c1-4-5-12-29(33)14-11-23-22(15-29)6-7-25-24(23)10-13-28(3)26(8-9-27(25)28)20(2)18-32-19-21(16-30)17-31-32/h17,19-20,22-27,33H,4-15,18H2,1-3H3/t20-,22+,23-,24+,25+,26?,27-,28+,29+/m0/s1. The first-order valence-corrected chi connectivity index (χ1v) is 14.0. The molecule has 0 spiro atoms. The summed E-state index contributed by atoms with van der Waals surface area (Å²) in [6.45, 7) is 8.23. The van der Waals surface area contributed by atoms with E-state index in [9.17, 15) is 5.11 Å². The topological polar surface area (TPSA) is 61.8 Å². The van der Waals surface area contributed by atoms with E-state index in [-0.39, 0.29) is 5.60 Å². The van der Waals surface area contributed by atoms with E-state index in [0.29, 0.717) is 16.9 Å². The minimum absolute atomic E-state index is 0.362. The van der Waals surface area contributed by atoms with Crippen LogP contribution in [0.15, 0.2) is 12.4 Å². The molecule has 1 aromatic heterocycles. The fourth-order valence-corrected chi connectivity index (χ4v) is 9.61. The van der Waals surface area contributed by atoms with Gasteiger partial charge in [-0.25, -0.2) is 0 Å². The first-order valence-electron chi connectivity index (χ1n) is 14.0. The molecule has 0 bridgehead atoms. The molecule has 182 valence electrons. The Morgan fingerprint density at radius 2 is 1.97 bits per heavy atom. The second-order valence-electron chi connectivity index (χ2n) is 12.8. The third kappa shape index (κ3) is 4.18. The fourth-order valence-electron chi connectivity index (χ4n) is 9.61. The molecule has 0 aliphatic heterocycles. The molecule has 4 saturated carbocycles. The normalized spacial score (nSPS) is 43.2. The summed E-state index contributed by atoms with van der Waals surface area (Å²) >= 11 is 0. The smallest absolute Gasteiger partial charge is 0.102 e. The molecule has 9 atom stereocenters. The summed E-state index contributed by atoms with van der Waals surface area (Å²) in [4.78, 5) is 0. The maximum absolute atomic E-state index is 11.2. The molecular weight excluding hydrogens is 406 g/mol. The van der Waals surface area contributed by atoms with Crippen molar-refractivity contribution in [1.29, 1.82) is 5.26 Å².